The van der Waals surface area contributed by atoms with Gasteiger partial charge in [-0.1, -0.05) is 0 Å². The molecule has 0 aliphatic carbocycles. The lowest BCUT2D eigenvalue weighted by molar-refractivity contribution is -0.293. The fourth-order valence-electron chi connectivity index (χ4n) is 2.78. The van der Waals surface area contributed by atoms with Crippen LogP contribution < -0.4 is 0 Å². The Hall–Kier alpha value is -0.240. The molecule has 0 amide bonds. The molecule has 1 aliphatic rings. The maximum Gasteiger partial charge on any atom is 0.0931 e. The minimum atomic E-state index is -0.660. The Morgan fingerprint density at radius 1 is 1.15 bits per heavy atom. The quantitative estimate of drug-likeness (QED) is 0.573. The van der Waals surface area contributed by atoms with Crippen molar-refractivity contribution in [3.8, 4) is 0 Å². The number of ether oxygens (including phenoxy) is 2. The predicted octanol–water partition coefficient (Wildman–Crippen LogP) is 0.785. The number of nitrogens with zero attached hydrogens (tertiary/aromatic N) is 1. The van der Waals surface area contributed by atoms with Crippen LogP contribution in [0.2, 0.25) is 0 Å². The van der Waals surface area contributed by atoms with Crippen molar-refractivity contribution in [3.05, 3.63) is 0 Å². The van der Waals surface area contributed by atoms with Crippen LogP contribution in [0.15, 0.2) is 0 Å². The Kier molecular flexibility index (Phi) is 6.84. The van der Waals surface area contributed by atoms with Gasteiger partial charge in [-0.05, 0) is 40.0 Å². The average Bonchev–Trinajstić information content (AvgIpc) is 2.40. The molecular weight excluding hydrogens is 262 g/mol. The summed E-state index contributed by atoms with van der Waals surface area (Å²) in [7, 11) is 0. The van der Waals surface area contributed by atoms with E-state index in [0.29, 0.717) is 13.0 Å². The lowest BCUT2D eigenvalue weighted by atomic mass is 9.79. The number of hydrogen-bond acceptors (Lipinski definition) is 6. The zero-order chi connectivity index (χ0) is 15.2. The van der Waals surface area contributed by atoms with Crippen molar-refractivity contribution >= 4 is 0 Å². The first kappa shape index (κ1) is 17.8. The van der Waals surface area contributed by atoms with Crippen LogP contribution in [0.5, 0.6) is 0 Å². The fourth-order valence-corrected chi connectivity index (χ4v) is 2.78. The van der Waals surface area contributed by atoms with Gasteiger partial charge in [-0.2, -0.15) is 5.06 Å². The van der Waals surface area contributed by atoms with E-state index in [-0.39, 0.29) is 38.1 Å². The Morgan fingerprint density at radius 2 is 1.85 bits per heavy atom. The molecule has 1 rings (SSSR count). The van der Waals surface area contributed by atoms with E-state index in [4.69, 9.17) is 19.7 Å². The van der Waals surface area contributed by atoms with Gasteiger partial charge in [0.2, 0.25) is 0 Å². The molecule has 0 bridgehead atoms. The molecule has 6 nitrogen and oxygen atoms in total. The van der Waals surface area contributed by atoms with Crippen LogP contribution in [-0.2, 0) is 9.47 Å². The van der Waals surface area contributed by atoms with Crippen molar-refractivity contribution in [2.75, 3.05) is 33.0 Å². The summed E-state index contributed by atoms with van der Waals surface area (Å²) >= 11 is 0. The van der Waals surface area contributed by atoms with E-state index in [2.05, 4.69) is 0 Å². The number of rotatable bonds is 8. The molecule has 0 spiro atoms. The summed E-state index contributed by atoms with van der Waals surface area (Å²) in [6.07, 6.45) is 2.07. The maximum atomic E-state index is 10.5. The van der Waals surface area contributed by atoms with Gasteiger partial charge in [-0.15, -0.1) is 0 Å². The van der Waals surface area contributed by atoms with Gasteiger partial charge in [0.05, 0.1) is 31.5 Å². The third kappa shape index (κ3) is 4.13. The molecule has 0 aromatic carbocycles. The van der Waals surface area contributed by atoms with Crippen LogP contribution in [-0.4, -0.2) is 70.7 Å². The van der Waals surface area contributed by atoms with Gasteiger partial charge < -0.3 is 24.9 Å². The molecule has 1 saturated heterocycles. The SMILES string of the molecule is CC1(C)CCC(OCCCO)C(C)(COCCO)N1O. The van der Waals surface area contributed by atoms with Crippen molar-refractivity contribution in [2.45, 2.75) is 57.2 Å². The molecule has 0 radical (unpaired) electrons. The van der Waals surface area contributed by atoms with E-state index in [1.165, 1.54) is 5.06 Å². The van der Waals surface area contributed by atoms with Crippen molar-refractivity contribution in [1.29, 1.82) is 0 Å². The van der Waals surface area contributed by atoms with E-state index in [0.717, 1.165) is 12.8 Å². The highest BCUT2D eigenvalue weighted by Gasteiger charge is 2.50. The number of aliphatic hydroxyl groups is 2. The summed E-state index contributed by atoms with van der Waals surface area (Å²) in [6, 6.07) is 0. The molecule has 0 aromatic rings. The second-order valence-electron chi connectivity index (χ2n) is 6.23. The predicted molar refractivity (Wildman–Crippen MR) is 74.7 cm³/mol. The van der Waals surface area contributed by atoms with Crippen LogP contribution in [0.3, 0.4) is 0 Å². The number of piperidine rings is 1. The number of hydroxylamine groups is 2. The zero-order valence-corrected chi connectivity index (χ0v) is 12.8. The van der Waals surface area contributed by atoms with E-state index in [9.17, 15) is 5.21 Å². The topological polar surface area (TPSA) is 82.4 Å². The smallest absolute Gasteiger partial charge is 0.0931 e. The summed E-state index contributed by atoms with van der Waals surface area (Å²) in [5, 5.41) is 29.6. The van der Waals surface area contributed by atoms with Crippen molar-refractivity contribution in [1.82, 2.24) is 5.06 Å². The molecule has 1 fully saturated rings. The molecule has 0 aromatic heterocycles. The van der Waals surface area contributed by atoms with Crippen LogP contribution in [0.1, 0.15) is 40.0 Å². The second-order valence-corrected chi connectivity index (χ2v) is 6.23. The Bertz CT molecular complexity index is 287. The van der Waals surface area contributed by atoms with Gasteiger partial charge in [0.15, 0.2) is 0 Å². The van der Waals surface area contributed by atoms with Gasteiger partial charge in [-0.3, -0.25) is 0 Å². The van der Waals surface area contributed by atoms with E-state index in [1.807, 2.05) is 20.8 Å². The Labute approximate surface area is 121 Å². The maximum absolute atomic E-state index is 10.5. The van der Waals surface area contributed by atoms with Gasteiger partial charge in [0.1, 0.15) is 0 Å². The van der Waals surface area contributed by atoms with Gasteiger partial charge in [-0.25, -0.2) is 0 Å². The molecule has 20 heavy (non-hydrogen) atoms. The van der Waals surface area contributed by atoms with Crippen molar-refractivity contribution in [3.63, 3.8) is 0 Å². The molecule has 0 saturated carbocycles. The first-order valence-electron chi connectivity index (χ1n) is 7.29. The highest BCUT2D eigenvalue weighted by Crippen LogP contribution is 2.38. The fraction of sp³-hybridized carbons (Fsp3) is 1.00. The van der Waals surface area contributed by atoms with Crippen LogP contribution >= 0.6 is 0 Å². The number of hydrogen-bond donors (Lipinski definition) is 3. The van der Waals surface area contributed by atoms with Gasteiger partial charge >= 0.3 is 0 Å². The molecule has 1 heterocycles. The Balaban J connectivity index is 2.74. The average molecular weight is 291 g/mol. The normalized spacial score (nSPS) is 30.6. The molecule has 3 N–H and O–H groups in total. The zero-order valence-electron chi connectivity index (χ0n) is 12.8. The van der Waals surface area contributed by atoms with Gasteiger partial charge in [0, 0.05) is 18.8 Å². The second kappa shape index (κ2) is 7.68. The van der Waals surface area contributed by atoms with E-state index in [1.54, 1.807) is 0 Å². The molecule has 2 unspecified atom stereocenters. The molecule has 120 valence electrons. The molecule has 6 heteroatoms. The van der Waals surface area contributed by atoms with Gasteiger partial charge in [0.25, 0.3) is 0 Å². The first-order valence-corrected chi connectivity index (χ1v) is 7.29. The van der Waals surface area contributed by atoms with Crippen LogP contribution in [0, 0.1) is 0 Å². The largest absolute Gasteiger partial charge is 0.396 e. The summed E-state index contributed by atoms with van der Waals surface area (Å²) in [4.78, 5) is 0. The van der Waals surface area contributed by atoms with Crippen molar-refractivity contribution in [2.24, 2.45) is 0 Å². The van der Waals surface area contributed by atoms with Crippen molar-refractivity contribution < 1.29 is 24.9 Å². The van der Waals surface area contributed by atoms with E-state index >= 15 is 0 Å². The lowest BCUT2D eigenvalue weighted by Gasteiger charge is -2.53. The highest BCUT2D eigenvalue weighted by atomic mass is 16.5. The monoisotopic (exact) mass is 291 g/mol. The lowest BCUT2D eigenvalue weighted by Crippen LogP contribution is -2.67. The minimum Gasteiger partial charge on any atom is -0.396 e. The molecule has 2 atom stereocenters. The third-order valence-electron chi connectivity index (χ3n) is 4.02. The summed E-state index contributed by atoms with van der Waals surface area (Å²) < 4.78 is 11.3. The highest BCUT2D eigenvalue weighted by molar-refractivity contribution is 5.01. The first-order chi connectivity index (χ1) is 9.38. The van der Waals surface area contributed by atoms with Crippen LogP contribution in [0.25, 0.3) is 0 Å². The number of aliphatic hydroxyl groups excluding tert-OH is 2. The molecule has 1 aliphatic heterocycles. The Morgan fingerprint density at radius 3 is 2.45 bits per heavy atom. The van der Waals surface area contributed by atoms with E-state index < -0.39 is 5.54 Å². The summed E-state index contributed by atoms with van der Waals surface area (Å²) in [6.45, 7) is 6.94. The minimum absolute atomic E-state index is 0.0407. The summed E-state index contributed by atoms with van der Waals surface area (Å²) in [5.41, 5.74) is -0.999. The standard InChI is InChI=1S/C14H29NO5/c1-13(2)6-5-12(20-9-4-7-16)14(3,15(13)18)11-19-10-8-17/h12,16-18H,4-11H2,1-3H3. The summed E-state index contributed by atoms with van der Waals surface area (Å²) in [5.74, 6) is 0. The third-order valence-corrected chi connectivity index (χ3v) is 4.02. The van der Waals surface area contributed by atoms with Crippen LogP contribution in [0.4, 0.5) is 0 Å². The molecular formula is C14H29NO5.